The number of nitrogens with one attached hydrogen (secondary N) is 1. The van der Waals surface area contributed by atoms with Gasteiger partial charge in [0, 0.05) is 52.1 Å². The third-order valence-corrected chi connectivity index (χ3v) is 4.32. The van der Waals surface area contributed by atoms with Crippen molar-refractivity contribution in [3.63, 3.8) is 0 Å². The van der Waals surface area contributed by atoms with E-state index in [0.29, 0.717) is 45.0 Å². The Balaban J connectivity index is 1.91. The SMILES string of the molecule is COCCCNC(=O)N1CCN(c2ccc(Cl)c(C(F)(F)F)c2)CC1. The van der Waals surface area contributed by atoms with Crippen molar-refractivity contribution in [2.24, 2.45) is 0 Å². The first-order valence-electron chi connectivity index (χ1n) is 7.96. The van der Waals surface area contributed by atoms with Crippen LogP contribution in [0.5, 0.6) is 0 Å². The maximum atomic E-state index is 13.0. The fourth-order valence-electron chi connectivity index (χ4n) is 2.62. The molecule has 1 fully saturated rings. The summed E-state index contributed by atoms with van der Waals surface area (Å²) in [5, 5.41) is 2.49. The molecule has 2 rings (SSSR count). The van der Waals surface area contributed by atoms with E-state index < -0.39 is 11.7 Å². The molecule has 25 heavy (non-hydrogen) atoms. The van der Waals surface area contributed by atoms with Gasteiger partial charge in [0.05, 0.1) is 10.6 Å². The largest absolute Gasteiger partial charge is 0.417 e. The van der Waals surface area contributed by atoms with Crippen LogP contribution in [0.25, 0.3) is 0 Å². The molecule has 1 saturated heterocycles. The second-order valence-corrected chi connectivity index (χ2v) is 6.12. The van der Waals surface area contributed by atoms with E-state index in [1.54, 1.807) is 18.1 Å². The van der Waals surface area contributed by atoms with Crippen molar-refractivity contribution < 1.29 is 22.7 Å². The van der Waals surface area contributed by atoms with E-state index in [1.165, 1.54) is 6.07 Å². The lowest BCUT2D eigenvalue weighted by Gasteiger charge is -2.36. The Kier molecular flexibility index (Phi) is 6.78. The number of carbonyl (C=O) groups excluding carboxylic acids is 1. The maximum Gasteiger partial charge on any atom is 0.417 e. The van der Waals surface area contributed by atoms with Crippen LogP contribution in [-0.2, 0) is 10.9 Å². The Morgan fingerprint density at radius 1 is 1.28 bits per heavy atom. The summed E-state index contributed by atoms with van der Waals surface area (Å²) in [6, 6.07) is 3.72. The van der Waals surface area contributed by atoms with Gasteiger partial charge in [-0.3, -0.25) is 0 Å². The normalized spacial score (nSPS) is 15.4. The number of amides is 2. The predicted molar refractivity (Wildman–Crippen MR) is 90.1 cm³/mol. The van der Waals surface area contributed by atoms with Crippen LogP contribution < -0.4 is 10.2 Å². The first-order valence-corrected chi connectivity index (χ1v) is 8.34. The zero-order valence-electron chi connectivity index (χ0n) is 13.9. The molecule has 0 radical (unpaired) electrons. The fraction of sp³-hybridized carbons (Fsp3) is 0.562. The van der Waals surface area contributed by atoms with Crippen molar-refractivity contribution in [3.8, 4) is 0 Å². The van der Waals surface area contributed by atoms with Crippen LogP contribution in [-0.4, -0.2) is 57.4 Å². The Bertz CT molecular complexity index is 590. The Morgan fingerprint density at radius 2 is 1.96 bits per heavy atom. The molecule has 1 aromatic carbocycles. The molecule has 5 nitrogen and oxygen atoms in total. The molecule has 0 unspecified atom stereocenters. The standard InChI is InChI=1S/C16H21ClF3N3O2/c1-25-10-2-5-21-15(24)23-8-6-22(7-9-23)12-3-4-14(17)13(11-12)16(18,19)20/h3-4,11H,2,5-10H2,1H3,(H,21,24). The molecule has 0 aliphatic carbocycles. The molecule has 1 N–H and O–H groups in total. The molecule has 1 aromatic rings. The number of urea groups is 1. The number of halogens is 4. The number of nitrogens with zero attached hydrogens (tertiary/aromatic N) is 2. The molecule has 140 valence electrons. The van der Waals surface area contributed by atoms with Crippen molar-refractivity contribution in [3.05, 3.63) is 28.8 Å². The first kappa shape index (κ1) is 19.7. The number of rotatable bonds is 5. The van der Waals surface area contributed by atoms with Crippen molar-refractivity contribution in [1.82, 2.24) is 10.2 Å². The molecular weight excluding hydrogens is 359 g/mol. The topological polar surface area (TPSA) is 44.8 Å². The van der Waals surface area contributed by atoms with Crippen LogP contribution in [0.3, 0.4) is 0 Å². The van der Waals surface area contributed by atoms with E-state index in [2.05, 4.69) is 5.32 Å². The molecule has 1 aliphatic heterocycles. The second kappa shape index (κ2) is 8.62. The Hall–Kier alpha value is -1.67. The zero-order chi connectivity index (χ0) is 18.4. The van der Waals surface area contributed by atoms with Gasteiger partial charge in [0.1, 0.15) is 0 Å². The van der Waals surface area contributed by atoms with Crippen LogP contribution in [0.4, 0.5) is 23.7 Å². The number of piperazine rings is 1. The number of methoxy groups -OCH3 is 1. The number of hydrogen-bond donors (Lipinski definition) is 1. The summed E-state index contributed by atoms with van der Waals surface area (Å²) >= 11 is 5.65. The highest BCUT2D eigenvalue weighted by atomic mass is 35.5. The molecular formula is C16H21ClF3N3O2. The van der Waals surface area contributed by atoms with Crippen molar-refractivity contribution in [2.45, 2.75) is 12.6 Å². The smallest absolute Gasteiger partial charge is 0.385 e. The lowest BCUT2D eigenvalue weighted by Crippen LogP contribution is -2.52. The monoisotopic (exact) mass is 379 g/mol. The van der Waals surface area contributed by atoms with E-state index in [1.807, 2.05) is 4.90 Å². The lowest BCUT2D eigenvalue weighted by molar-refractivity contribution is -0.137. The third-order valence-electron chi connectivity index (χ3n) is 3.99. The van der Waals surface area contributed by atoms with Gasteiger partial charge in [0.2, 0.25) is 0 Å². The summed E-state index contributed by atoms with van der Waals surface area (Å²) in [5.41, 5.74) is -0.387. The highest BCUT2D eigenvalue weighted by Crippen LogP contribution is 2.37. The van der Waals surface area contributed by atoms with E-state index in [4.69, 9.17) is 16.3 Å². The molecule has 0 saturated carbocycles. The number of hydrogen-bond acceptors (Lipinski definition) is 3. The van der Waals surface area contributed by atoms with Crippen molar-refractivity contribution in [1.29, 1.82) is 0 Å². The van der Waals surface area contributed by atoms with Crippen LogP contribution in [0.2, 0.25) is 5.02 Å². The van der Waals surface area contributed by atoms with Crippen LogP contribution in [0.1, 0.15) is 12.0 Å². The average Bonchev–Trinajstić information content (AvgIpc) is 2.58. The summed E-state index contributed by atoms with van der Waals surface area (Å²) < 4.78 is 43.8. The number of alkyl halides is 3. The summed E-state index contributed by atoms with van der Waals surface area (Å²) in [5.74, 6) is 0. The zero-order valence-corrected chi connectivity index (χ0v) is 14.7. The Labute approximate surface area is 149 Å². The minimum atomic E-state index is -4.49. The summed E-state index contributed by atoms with van der Waals surface area (Å²) in [4.78, 5) is 15.5. The number of benzene rings is 1. The van der Waals surface area contributed by atoms with E-state index in [-0.39, 0.29) is 11.1 Å². The molecule has 9 heteroatoms. The van der Waals surface area contributed by atoms with Gasteiger partial charge in [-0.1, -0.05) is 11.6 Å². The van der Waals surface area contributed by atoms with Crippen LogP contribution >= 0.6 is 11.6 Å². The number of carbonyl (C=O) groups is 1. The highest BCUT2D eigenvalue weighted by molar-refractivity contribution is 6.31. The van der Waals surface area contributed by atoms with Crippen molar-refractivity contribution >= 4 is 23.3 Å². The summed E-state index contributed by atoms with van der Waals surface area (Å²) in [6.07, 6.45) is -3.76. The fourth-order valence-corrected chi connectivity index (χ4v) is 2.84. The molecule has 0 spiro atoms. The minimum absolute atomic E-state index is 0.164. The van der Waals surface area contributed by atoms with Gasteiger partial charge in [-0.05, 0) is 24.6 Å². The lowest BCUT2D eigenvalue weighted by atomic mass is 10.1. The molecule has 0 bridgehead atoms. The first-order chi connectivity index (χ1) is 11.8. The van der Waals surface area contributed by atoms with E-state index >= 15 is 0 Å². The van der Waals surface area contributed by atoms with Crippen molar-refractivity contribution in [2.75, 3.05) is 51.3 Å². The Morgan fingerprint density at radius 3 is 2.56 bits per heavy atom. The van der Waals surface area contributed by atoms with Crippen LogP contribution in [0, 0.1) is 0 Å². The van der Waals surface area contributed by atoms with Gasteiger partial charge in [-0.2, -0.15) is 13.2 Å². The quantitative estimate of drug-likeness (QED) is 0.799. The summed E-state index contributed by atoms with van der Waals surface area (Å²) in [7, 11) is 1.60. The molecule has 1 heterocycles. The molecule has 2 amide bonds. The van der Waals surface area contributed by atoms with Crippen LogP contribution in [0.15, 0.2) is 18.2 Å². The van der Waals surface area contributed by atoms with Gasteiger partial charge in [0.15, 0.2) is 0 Å². The molecule has 0 atom stereocenters. The van der Waals surface area contributed by atoms with Gasteiger partial charge in [-0.25, -0.2) is 4.79 Å². The van der Waals surface area contributed by atoms with E-state index in [9.17, 15) is 18.0 Å². The second-order valence-electron chi connectivity index (χ2n) is 5.71. The molecule has 1 aliphatic rings. The molecule has 0 aromatic heterocycles. The number of anilines is 1. The highest BCUT2D eigenvalue weighted by Gasteiger charge is 2.34. The third kappa shape index (κ3) is 5.40. The maximum absolute atomic E-state index is 13.0. The minimum Gasteiger partial charge on any atom is -0.385 e. The van der Waals surface area contributed by atoms with Gasteiger partial charge in [-0.15, -0.1) is 0 Å². The number of ether oxygens (including phenoxy) is 1. The summed E-state index contributed by atoms with van der Waals surface area (Å²) in [6.45, 7) is 2.92. The average molecular weight is 380 g/mol. The predicted octanol–water partition coefficient (Wildman–Crippen LogP) is 3.23. The van der Waals surface area contributed by atoms with Gasteiger partial charge < -0.3 is 19.9 Å². The van der Waals surface area contributed by atoms with E-state index in [0.717, 1.165) is 12.5 Å². The van der Waals surface area contributed by atoms with Gasteiger partial charge >= 0.3 is 12.2 Å². The van der Waals surface area contributed by atoms with Gasteiger partial charge in [0.25, 0.3) is 0 Å².